The first kappa shape index (κ1) is 19.0. The predicted molar refractivity (Wildman–Crippen MR) is 104 cm³/mol. The van der Waals surface area contributed by atoms with Gasteiger partial charge >= 0.3 is 0 Å². The number of benzene rings is 1. The highest BCUT2D eigenvalue weighted by molar-refractivity contribution is 7.80. The Kier molecular flexibility index (Phi) is 5.79. The summed E-state index contributed by atoms with van der Waals surface area (Å²) in [5, 5.41) is 9.49. The predicted octanol–water partition coefficient (Wildman–Crippen LogP) is 2.16. The van der Waals surface area contributed by atoms with Gasteiger partial charge in [0.2, 0.25) is 5.11 Å². The van der Waals surface area contributed by atoms with Crippen LogP contribution in [0.15, 0.2) is 52.1 Å². The van der Waals surface area contributed by atoms with E-state index in [0.717, 1.165) is 11.5 Å². The number of hydrogen-bond acceptors (Lipinski definition) is 6. The summed E-state index contributed by atoms with van der Waals surface area (Å²) in [5.41, 5.74) is 0.637. The molecule has 2 heterocycles. The molecule has 2 aromatic heterocycles. The fraction of sp³-hybridized carbons (Fsp3) is 0.0625. The van der Waals surface area contributed by atoms with Crippen molar-refractivity contribution in [2.45, 2.75) is 0 Å². The Morgan fingerprint density at radius 2 is 2.04 bits per heavy atom. The van der Waals surface area contributed by atoms with Crippen molar-refractivity contribution in [2.75, 3.05) is 7.05 Å². The molecule has 27 heavy (non-hydrogen) atoms. The van der Waals surface area contributed by atoms with Gasteiger partial charge in [-0.3, -0.25) is 14.9 Å². The molecule has 0 aliphatic heterocycles. The van der Waals surface area contributed by atoms with Crippen molar-refractivity contribution in [2.24, 2.45) is 4.99 Å². The highest BCUT2D eigenvalue weighted by Gasteiger charge is 2.17. The van der Waals surface area contributed by atoms with Gasteiger partial charge in [0.25, 0.3) is 11.8 Å². The van der Waals surface area contributed by atoms with E-state index in [-0.39, 0.29) is 21.2 Å². The molecular weight excluding hydrogens is 410 g/mol. The molecule has 0 atom stereocenters. The third-order valence-electron chi connectivity index (χ3n) is 3.24. The maximum Gasteiger partial charge on any atom is 0.293 e. The van der Waals surface area contributed by atoms with Crippen molar-refractivity contribution in [1.29, 1.82) is 0 Å². The van der Waals surface area contributed by atoms with Gasteiger partial charge in [0, 0.05) is 7.05 Å². The van der Waals surface area contributed by atoms with Crippen molar-refractivity contribution in [3.8, 4) is 5.69 Å². The van der Waals surface area contributed by atoms with E-state index >= 15 is 0 Å². The quantitative estimate of drug-likeness (QED) is 0.631. The Bertz CT molecular complexity index is 1070. The number of thiocarbonyl (C=S) groups is 1. The average Bonchev–Trinajstić information content (AvgIpc) is 3.31. The highest BCUT2D eigenvalue weighted by atomic mass is 35.5. The lowest BCUT2D eigenvalue weighted by Gasteiger charge is -2.01. The van der Waals surface area contributed by atoms with E-state index in [2.05, 4.69) is 20.7 Å². The Labute approximate surface area is 167 Å². The molecule has 3 rings (SSSR count). The van der Waals surface area contributed by atoms with Gasteiger partial charge in [-0.2, -0.15) is 4.07 Å². The normalized spacial score (nSPS) is 11.3. The number of amides is 2. The van der Waals surface area contributed by atoms with Crippen LogP contribution in [0.25, 0.3) is 5.69 Å². The molecule has 0 aliphatic carbocycles. The lowest BCUT2D eigenvalue weighted by atomic mass is 10.3. The molecule has 138 valence electrons. The second-order valence-corrected chi connectivity index (χ2v) is 6.71. The fourth-order valence-electron chi connectivity index (χ4n) is 2.01. The minimum absolute atomic E-state index is 0.0528. The monoisotopic (exact) mass is 421 g/mol. The van der Waals surface area contributed by atoms with E-state index < -0.39 is 11.8 Å². The topological polar surface area (TPSA) is 102 Å². The van der Waals surface area contributed by atoms with E-state index in [4.69, 9.17) is 28.2 Å². The molecule has 2 amide bonds. The van der Waals surface area contributed by atoms with Gasteiger partial charge in [-0.25, -0.2) is 4.99 Å². The Morgan fingerprint density at radius 1 is 1.26 bits per heavy atom. The van der Waals surface area contributed by atoms with Crippen LogP contribution in [0.1, 0.15) is 21.0 Å². The number of carbonyl (C=O) groups excluding carboxylic acids is 2. The lowest BCUT2D eigenvalue weighted by Crippen LogP contribution is -2.30. The van der Waals surface area contributed by atoms with Crippen LogP contribution in [-0.4, -0.2) is 33.1 Å². The first-order chi connectivity index (χ1) is 13.0. The van der Waals surface area contributed by atoms with E-state index in [1.54, 1.807) is 30.3 Å². The van der Waals surface area contributed by atoms with Crippen LogP contribution in [0.3, 0.4) is 0 Å². The molecule has 0 aliphatic rings. The summed E-state index contributed by atoms with van der Waals surface area (Å²) in [4.78, 5) is 28.3. The first-order valence-corrected chi connectivity index (χ1v) is 9.06. The van der Waals surface area contributed by atoms with E-state index in [1.165, 1.54) is 23.4 Å². The van der Waals surface area contributed by atoms with Crippen LogP contribution < -0.4 is 15.3 Å². The number of aromatic nitrogens is 2. The van der Waals surface area contributed by atoms with Gasteiger partial charge in [-0.15, -0.1) is 5.10 Å². The Hall–Kier alpha value is -2.82. The SMILES string of the molecule is CNC(=O)c1nn(-c2ccccc2Cl)s/c1=N\C(=S)NC(=O)c1ccco1. The van der Waals surface area contributed by atoms with Gasteiger partial charge in [0.1, 0.15) is 0 Å². The zero-order valence-electron chi connectivity index (χ0n) is 13.8. The third-order valence-corrected chi connectivity index (χ3v) is 4.66. The minimum atomic E-state index is -0.543. The van der Waals surface area contributed by atoms with Crippen molar-refractivity contribution in [3.63, 3.8) is 0 Å². The molecule has 0 saturated carbocycles. The molecule has 2 N–H and O–H groups in total. The molecule has 1 aromatic carbocycles. The largest absolute Gasteiger partial charge is 0.459 e. The molecule has 0 saturated heterocycles. The molecule has 11 heteroatoms. The van der Waals surface area contributed by atoms with Gasteiger partial charge in [-0.05, 0) is 48.0 Å². The summed E-state index contributed by atoms with van der Waals surface area (Å²) < 4.78 is 6.68. The average molecular weight is 422 g/mol. The summed E-state index contributed by atoms with van der Waals surface area (Å²) in [7, 11) is 1.47. The molecule has 0 radical (unpaired) electrons. The van der Waals surface area contributed by atoms with E-state index in [9.17, 15) is 9.59 Å². The maximum atomic E-state index is 12.1. The van der Waals surface area contributed by atoms with Crippen molar-refractivity contribution in [1.82, 2.24) is 19.8 Å². The van der Waals surface area contributed by atoms with Crippen LogP contribution in [0.5, 0.6) is 0 Å². The van der Waals surface area contributed by atoms with Crippen LogP contribution in [0, 0.1) is 0 Å². The number of halogens is 1. The maximum absolute atomic E-state index is 12.1. The van der Waals surface area contributed by atoms with Crippen molar-refractivity contribution >= 4 is 52.3 Å². The summed E-state index contributed by atoms with van der Waals surface area (Å²) in [6.45, 7) is 0. The molecule has 0 spiro atoms. The van der Waals surface area contributed by atoms with Crippen LogP contribution in [0.2, 0.25) is 5.02 Å². The molecule has 0 bridgehead atoms. The molecule has 0 unspecified atom stereocenters. The van der Waals surface area contributed by atoms with Gasteiger partial charge in [0.15, 0.2) is 16.1 Å². The van der Waals surface area contributed by atoms with Gasteiger partial charge in [0.05, 0.1) is 17.0 Å². The Balaban J connectivity index is 1.97. The number of furan rings is 1. The van der Waals surface area contributed by atoms with Gasteiger partial charge < -0.3 is 9.73 Å². The number of para-hydroxylation sites is 1. The van der Waals surface area contributed by atoms with Crippen LogP contribution in [0.4, 0.5) is 0 Å². The minimum Gasteiger partial charge on any atom is -0.459 e. The molecule has 8 nitrogen and oxygen atoms in total. The first-order valence-electron chi connectivity index (χ1n) is 7.50. The number of rotatable bonds is 3. The Morgan fingerprint density at radius 3 is 2.70 bits per heavy atom. The van der Waals surface area contributed by atoms with E-state index in [1.807, 2.05) is 0 Å². The molecule has 0 fully saturated rings. The fourth-order valence-corrected chi connectivity index (χ4v) is 3.41. The summed E-state index contributed by atoms with van der Waals surface area (Å²) in [6.07, 6.45) is 1.37. The van der Waals surface area contributed by atoms with Crippen molar-refractivity contribution < 1.29 is 14.0 Å². The lowest BCUT2D eigenvalue weighted by molar-refractivity contribution is 0.0946. The zero-order chi connectivity index (χ0) is 19.4. The standard InChI is InChI=1S/C16H12ClN5O3S2/c1-18-14(24)12-15(20-16(26)19-13(23)11-7-4-8-25-11)27-22(21-12)10-6-3-2-5-9(10)17/h2-8H,1H3,(H,18,24)(H,19,23,26)/b20-15-. The number of nitrogens with zero attached hydrogens (tertiary/aromatic N) is 3. The van der Waals surface area contributed by atoms with Gasteiger partial charge in [-0.1, -0.05) is 23.7 Å². The second kappa shape index (κ2) is 8.25. The number of hydrogen-bond donors (Lipinski definition) is 2. The number of carbonyl (C=O) groups is 2. The van der Waals surface area contributed by atoms with Crippen LogP contribution >= 0.6 is 35.4 Å². The number of nitrogens with one attached hydrogen (secondary N) is 2. The summed E-state index contributed by atoms with van der Waals surface area (Å²) in [6, 6.07) is 10.1. The molecule has 3 aromatic rings. The van der Waals surface area contributed by atoms with Crippen LogP contribution in [-0.2, 0) is 0 Å². The third kappa shape index (κ3) is 4.30. The smallest absolute Gasteiger partial charge is 0.293 e. The zero-order valence-corrected chi connectivity index (χ0v) is 16.2. The highest BCUT2D eigenvalue weighted by Crippen LogP contribution is 2.19. The summed E-state index contributed by atoms with van der Waals surface area (Å²) >= 11 is 12.3. The van der Waals surface area contributed by atoms with Crippen molar-refractivity contribution in [3.05, 3.63) is 63.8 Å². The second-order valence-electron chi connectivity index (χ2n) is 5.00. The van der Waals surface area contributed by atoms with E-state index in [0.29, 0.717) is 10.7 Å². The summed E-state index contributed by atoms with van der Waals surface area (Å²) in [5.74, 6) is -0.899. The molecular formula is C16H12ClN5O3S2.